The van der Waals surface area contributed by atoms with E-state index in [1.165, 1.54) is 0 Å². The van der Waals surface area contributed by atoms with E-state index in [4.69, 9.17) is 9.47 Å². The Hall–Kier alpha value is -0.380. The molecule has 0 radical (unpaired) electrons. The van der Waals surface area contributed by atoms with Crippen molar-refractivity contribution in [2.75, 3.05) is 20.8 Å². The van der Waals surface area contributed by atoms with Crippen LogP contribution in [0, 0.1) is 0 Å². The van der Waals surface area contributed by atoms with Crippen LogP contribution in [0.5, 0.6) is 0 Å². The zero-order valence-electron chi connectivity index (χ0n) is 7.79. The van der Waals surface area contributed by atoms with Gasteiger partial charge in [0.25, 0.3) is 0 Å². The first-order chi connectivity index (χ1) is 6.29. The highest BCUT2D eigenvalue weighted by atomic mass is 79.9. The fourth-order valence-corrected chi connectivity index (χ4v) is 1.71. The largest absolute Gasteiger partial charge is 0.382 e. The van der Waals surface area contributed by atoms with Gasteiger partial charge in [-0.05, 0) is 11.6 Å². The van der Waals surface area contributed by atoms with Gasteiger partial charge in [0.15, 0.2) is 0 Å². The first-order valence-electron chi connectivity index (χ1n) is 4.05. The molecule has 1 aromatic rings. The summed E-state index contributed by atoms with van der Waals surface area (Å²) in [5, 5.41) is 0. The molecule has 0 amide bonds. The maximum Gasteiger partial charge on any atom is 0.106 e. The Labute approximate surface area is 87.0 Å². The minimum absolute atomic E-state index is 0.000532. The molecule has 0 aliphatic rings. The van der Waals surface area contributed by atoms with Gasteiger partial charge >= 0.3 is 0 Å². The van der Waals surface area contributed by atoms with Crippen LogP contribution in [0.15, 0.2) is 28.7 Å². The van der Waals surface area contributed by atoms with Gasteiger partial charge in [-0.3, -0.25) is 0 Å². The summed E-state index contributed by atoms with van der Waals surface area (Å²) in [5.74, 6) is 0. The Balaban J connectivity index is 2.84. The molecular formula is C10H13BrO2. The molecule has 1 atom stereocenters. The maximum atomic E-state index is 5.30. The molecule has 0 aliphatic carbocycles. The van der Waals surface area contributed by atoms with E-state index in [-0.39, 0.29) is 6.10 Å². The van der Waals surface area contributed by atoms with Crippen molar-refractivity contribution in [2.45, 2.75) is 6.10 Å². The van der Waals surface area contributed by atoms with Crippen LogP contribution in [0.2, 0.25) is 0 Å². The van der Waals surface area contributed by atoms with Crippen LogP contribution in [-0.2, 0) is 9.47 Å². The number of halogens is 1. The van der Waals surface area contributed by atoms with E-state index >= 15 is 0 Å². The summed E-state index contributed by atoms with van der Waals surface area (Å²) in [6, 6.07) is 7.99. The van der Waals surface area contributed by atoms with Crippen molar-refractivity contribution >= 4 is 15.9 Å². The Morgan fingerprint density at radius 3 is 2.54 bits per heavy atom. The average molecular weight is 245 g/mol. The third kappa shape index (κ3) is 2.79. The molecule has 72 valence electrons. The van der Waals surface area contributed by atoms with Gasteiger partial charge < -0.3 is 9.47 Å². The van der Waals surface area contributed by atoms with Crippen molar-refractivity contribution in [3.63, 3.8) is 0 Å². The van der Waals surface area contributed by atoms with Crippen molar-refractivity contribution in [1.82, 2.24) is 0 Å². The van der Waals surface area contributed by atoms with Crippen molar-refractivity contribution in [3.05, 3.63) is 34.3 Å². The minimum Gasteiger partial charge on any atom is -0.382 e. The number of ether oxygens (including phenoxy) is 2. The van der Waals surface area contributed by atoms with Gasteiger partial charge in [0.2, 0.25) is 0 Å². The van der Waals surface area contributed by atoms with E-state index in [0.717, 1.165) is 10.0 Å². The lowest BCUT2D eigenvalue weighted by Gasteiger charge is -2.15. The first-order valence-corrected chi connectivity index (χ1v) is 4.85. The van der Waals surface area contributed by atoms with Gasteiger partial charge in [0.1, 0.15) is 6.10 Å². The Bertz CT molecular complexity index is 263. The Morgan fingerprint density at radius 1 is 1.31 bits per heavy atom. The van der Waals surface area contributed by atoms with Crippen molar-refractivity contribution in [1.29, 1.82) is 0 Å². The van der Waals surface area contributed by atoms with Gasteiger partial charge in [-0.2, -0.15) is 0 Å². The molecule has 1 unspecified atom stereocenters. The summed E-state index contributed by atoms with van der Waals surface area (Å²) in [5.41, 5.74) is 1.12. The fraction of sp³-hybridized carbons (Fsp3) is 0.400. The molecule has 0 heterocycles. The first kappa shape index (κ1) is 10.7. The monoisotopic (exact) mass is 244 g/mol. The van der Waals surface area contributed by atoms with Gasteiger partial charge in [0.05, 0.1) is 6.61 Å². The fourth-order valence-electron chi connectivity index (χ4n) is 1.17. The maximum absolute atomic E-state index is 5.30. The van der Waals surface area contributed by atoms with E-state index in [2.05, 4.69) is 15.9 Å². The highest BCUT2D eigenvalue weighted by Crippen LogP contribution is 2.25. The van der Waals surface area contributed by atoms with Crippen LogP contribution in [0.25, 0.3) is 0 Å². The molecule has 1 rings (SSSR count). The number of hydrogen-bond acceptors (Lipinski definition) is 2. The van der Waals surface area contributed by atoms with Crippen LogP contribution in [-0.4, -0.2) is 20.8 Å². The van der Waals surface area contributed by atoms with E-state index in [9.17, 15) is 0 Å². The molecule has 0 aromatic heterocycles. The van der Waals surface area contributed by atoms with E-state index in [0.29, 0.717) is 6.61 Å². The van der Waals surface area contributed by atoms with E-state index < -0.39 is 0 Å². The van der Waals surface area contributed by atoms with Gasteiger partial charge in [-0.1, -0.05) is 34.1 Å². The number of benzene rings is 1. The van der Waals surface area contributed by atoms with Gasteiger partial charge in [0, 0.05) is 18.7 Å². The average Bonchev–Trinajstić information content (AvgIpc) is 2.16. The van der Waals surface area contributed by atoms with Crippen molar-refractivity contribution in [2.24, 2.45) is 0 Å². The molecule has 13 heavy (non-hydrogen) atoms. The van der Waals surface area contributed by atoms with Crippen LogP contribution in [0.1, 0.15) is 11.7 Å². The Morgan fingerprint density at radius 2 is 2.00 bits per heavy atom. The smallest absolute Gasteiger partial charge is 0.106 e. The predicted octanol–water partition coefficient (Wildman–Crippen LogP) is 2.78. The standard InChI is InChI=1S/C10H13BrO2/c1-12-7-10(13-2)8-5-3-4-6-9(8)11/h3-6,10H,7H2,1-2H3. The lowest BCUT2D eigenvalue weighted by Crippen LogP contribution is -2.08. The number of rotatable bonds is 4. The molecule has 0 fully saturated rings. The van der Waals surface area contributed by atoms with Crippen LogP contribution in [0.4, 0.5) is 0 Å². The summed E-state index contributed by atoms with van der Waals surface area (Å²) in [7, 11) is 3.35. The van der Waals surface area contributed by atoms with Gasteiger partial charge in [-0.25, -0.2) is 0 Å². The number of hydrogen-bond donors (Lipinski definition) is 0. The lowest BCUT2D eigenvalue weighted by atomic mass is 10.1. The summed E-state index contributed by atoms with van der Waals surface area (Å²) in [6.07, 6.45) is 0.000532. The minimum atomic E-state index is 0.000532. The molecule has 0 saturated heterocycles. The SMILES string of the molecule is COCC(OC)c1ccccc1Br. The zero-order valence-corrected chi connectivity index (χ0v) is 9.37. The lowest BCUT2D eigenvalue weighted by molar-refractivity contribution is 0.0270. The third-order valence-corrected chi connectivity index (χ3v) is 2.58. The van der Waals surface area contributed by atoms with Crippen molar-refractivity contribution in [3.8, 4) is 0 Å². The number of methoxy groups -OCH3 is 2. The van der Waals surface area contributed by atoms with E-state index in [1.807, 2.05) is 24.3 Å². The molecule has 0 spiro atoms. The molecule has 3 heteroatoms. The topological polar surface area (TPSA) is 18.5 Å². The molecule has 2 nitrogen and oxygen atoms in total. The second-order valence-electron chi connectivity index (χ2n) is 2.70. The highest BCUT2D eigenvalue weighted by molar-refractivity contribution is 9.10. The highest BCUT2D eigenvalue weighted by Gasteiger charge is 2.12. The zero-order chi connectivity index (χ0) is 9.68. The second-order valence-corrected chi connectivity index (χ2v) is 3.56. The quantitative estimate of drug-likeness (QED) is 0.812. The predicted molar refractivity (Wildman–Crippen MR) is 55.8 cm³/mol. The summed E-state index contributed by atoms with van der Waals surface area (Å²) >= 11 is 3.47. The van der Waals surface area contributed by atoms with Crippen LogP contribution in [0.3, 0.4) is 0 Å². The molecule has 1 aromatic carbocycles. The summed E-state index contributed by atoms with van der Waals surface area (Å²) in [6.45, 7) is 0.569. The molecule has 0 saturated carbocycles. The van der Waals surface area contributed by atoms with Gasteiger partial charge in [-0.15, -0.1) is 0 Å². The Kier molecular flexibility index (Phi) is 4.42. The third-order valence-electron chi connectivity index (χ3n) is 1.85. The molecule has 0 N–H and O–H groups in total. The second kappa shape index (κ2) is 5.37. The summed E-state index contributed by atoms with van der Waals surface area (Å²) < 4.78 is 11.4. The van der Waals surface area contributed by atoms with E-state index in [1.54, 1.807) is 14.2 Å². The molecule has 0 aliphatic heterocycles. The molecule has 0 bridgehead atoms. The van der Waals surface area contributed by atoms with Crippen LogP contribution >= 0.6 is 15.9 Å². The van der Waals surface area contributed by atoms with Crippen molar-refractivity contribution < 1.29 is 9.47 Å². The molecular weight excluding hydrogens is 232 g/mol. The normalized spacial score (nSPS) is 12.8. The summed E-state index contributed by atoms with van der Waals surface area (Å²) in [4.78, 5) is 0. The van der Waals surface area contributed by atoms with Crippen LogP contribution < -0.4 is 0 Å².